The molecule has 30 heavy (non-hydrogen) atoms. The van der Waals surface area contributed by atoms with Gasteiger partial charge >= 0.3 is 0 Å². The molecule has 0 saturated heterocycles. The average Bonchev–Trinajstić information content (AvgIpc) is 2.79. The Morgan fingerprint density at radius 1 is 0.867 bits per heavy atom. The fourth-order valence-electron chi connectivity index (χ4n) is 5.10. The lowest BCUT2D eigenvalue weighted by atomic mass is 9.76. The van der Waals surface area contributed by atoms with Crippen LogP contribution in [0.5, 0.6) is 0 Å². The number of rotatable bonds is 10. The number of nitrogens with zero attached hydrogens (tertiary/aromatic N) is 1. The van der Waals surface area contributed by atoms with Crippen LogP contribution in [0.4, 0.5) is 0 Å². The van der Waals surface area contributed by atoms with Gasteiger partial charge in [-0.25, -0.2) is 0 Å². The highest BCUT2D eigenvalue weighted by molar-refractivity contribution is 5.35. The lowest BCUT2D eigenvalue weighted by molar-refractivity contribution is 0.302. The predicted molar refractivity (Wildman–Crippen MR) is 128 cm³/mol. The first-order valence-electron chi connectivity index (χ1n) is 12.3. The molecule has 160 valence electrons. The summed E-state index contributed by atoms with van der Waals surface area (Å²) >= 11 is 0. The summed E-state index contributed by atoms with van der Waals surface area (Å²) in [6, 6.07) is 17.4. The van der Waals surface area contributed by atoms with Gasteiger partial charge in [0.05, 0.1) is 11.6 Å². The standard InChI is InChI=1S/C29H39N/c1-3-4-5-6-7-8-24-14-17-28(18-15-24)29-20-19-27(23(2)21-29)16-13-25-9-11-26(22-30)12-10-25/h9-12,19-21,24,28H,3-8,13-18H2,1-2H3/t24-,28-. The monoisotopic (exact) mass is 401 g/mol. The summed E-state index contributed by atoms with van der Waals surface area (Å²) in [4.78, 5) is 0. The van der Waals surface area contributed by atoms with Crippen molar-refractivity contribution < 1.29 is 0 Å². The Bertz CT molecular complexity index is 803. The number of nitriles is 1. The summed E-state index contributed by atoms with van der Waals surface area (Å²) in [7, 11) is 0. The molecular weight excluding hydrogens is 362 g/mol. The predicted octanol–water partition coefficient (Wildman–Crippen LogP) is 8.29. The van der Waals surface area contributed by atoms with E-state index in [0.29, 0.717) is 0 Å². The van der Waals surface area contributed by atoms with Crippen molar-refractivity contribution in [2.45, 2.75) is 96.8 Å². The summed E-state index contributed by atoms with van der Waals surface area (Å²) in [6.07, 6.45) is 16.3. The van der Waals surface area contributed by atoms with Crippen molar-refractivity contribution in [1.82, 2.24) is 0 Å². The zero-order valence-corrected chi connectivity index (χ0v) is 19.1. The van der Waals surface area contributed by atoms with E-state index < -0.39 is 0 Å². The van der Waals surface area contributed by atoms with E-state index in [1.807, 2.05) is 12.1 Å². The van der Waals surface area contributed by atoms with Gasteiger partial charge in [-0.2, -0.15) is 5.26 Å². The minimum atomic E-state index is 0.741. The minimum Gasteiger partial charge on any atom is -0.192 e. The van der Waals surface area contributed by atoms with E-state index in [2.05, 4.69) is 50.2 Å². The third-order valence-corrected chi connectivity index (χ3v) is 7.17. The molecule has 2 aromatic carbocycles. The van der Waals surface area contributed by atoms with E-state index in [1.54, 1.807) is 5.56 Å². The molecule has 0 bridgehead atoms. The van der Waals surface area contributed by atoms with Crippen LogP contribution in [0.25, 0.3) is 0 Å². The maximum Gasteiger partial charge on any atom is 0.0991 e. The maximum absolute atomic E-state index is 8.94. The first kappa shape index (κ1) is 22.6. The maximum atomic E-state index is 8.94. The van der Waals surface area contributed by atoms with Gasteiger partial charge in [0.15, 0.2) is 0 Å². The van der Waals surface area contributed by atoms with Gasteiger partial charge in [-0.05, 0) is 91.7 Å². The normalized spacial score (nSPS) is 18.8. The van der Waals surface area contributed by atoms with Crippen LogP contribution in [0.15, 0.2) is 42.5 Å². The van der Waals surface area contributed by atoms with E-state index >= 15 is 0 Å². The fraction of sp³-hybridized carbons (Fsp3) is 0.552. The van der Waals surface area contributed by atoms with E-state index in [-0.39, 0.29) is 0 Å². The van der Waals surface area contributed by atoms with E-state index in [0.717, 1.165) is 30.2 Å². The summed E-state index contributed by atoms with van der Waals surface area (Å²) in [5.41, 5.74) is 6.52. The largest absolute Gasteiger partial charge is 0.192 e. The Kier molecular flexibility index (Phi) is 9.00. The third-order valence-electron chi connectivity index (χ3n) is 7.17. The summed E-state index contributed by atoms with van der Waals surface area (Å²) < 4.78 is 0. The molecule has 0 radical (unpaired) electrons. The van der Waals surface area contributed by atoms with Gasteiger partial charge in [0, 0.05) is 0 Å². The van der Waals surface area contributed by atoms with Crippen molar-refractivity contribution in [3.05, 3.63) is 70.3 Å². The molecule has 0 aromatic heterocycles. The second-order valence-electron chi connectivity index (χ2n) is 9.42. The second-order valence-corrected chi connectivity index (χ2v) is 9.42. The lowest BCUT2D eigenvalue weighted by Gasteiger charge is -2.29. The quantitative estimate of drug-likeness (QED) is 0.367. The van der Waals surface area contributed by atoms with Gasteiger partial charge in [-0.15, -0.1) is 0 Å². The highest BCUT2D eigenvalue weighted by Crippen LogP contribution is 2.38. The number of benzene rings is 2. The minimum absolute atomic E-state index is 0.741. The summed E-state index contributed by atoms with van der Waals surface area (Å²) in [5, 5.41) is 8.94. The molecule has 1 aliphatic carbocycles. The van der Waals surface area contributed by atoms with Gasteiger partial charge < -0.3 is 0 Å². The first-order valence-corrected chi connectivity index (χ1v) is 12.3. The van der Waals surface area contributed by atoms with Crippen molar-refractivity contribution in [1.29, 1.82) is 5.26 Å². The summed E-state index contributed by atoms with van der Waals surface area (Å²) in [5.74, 6) is 1.75. The molecule has 0 spiro atoms. The molecule has 1 saturated carbocycles. The van der Waals surface area contributed by atoms with Crippen molar-refractivity contribution in [2.75, 3.05) is 0 Å². The highest BCUT2D eigenvalue weighted by Gasteiger charge is 2.22. The first-order chi connectivity index (χ1) is 14.7. The lowest BCUT2D eigenvalue weighted by Crippen LogP contribution is -2.13. The van der Waals surface area contributed by atoms with E-state index in [9.17, 15) is 0 Å². The molecule has 0 amide bonds. The molecule has 0 unspecified atom stereocenters. The van der Waals surface area contributed by atoms with E-state index in [1.165, 1.54) is 80.9 Å². The van der Waals surface area contributed by atoms with Crippen LogP contribution in [0.1, 0.15) is 105 Å². The molecule has 0 heterocycles. The Hall–Kier alpha value is -2.07. The molecule has 1 fully saturated rings. The molecule has 2 aromatic rings. The smallest absolute Gasteiger partial charge is 0.0991 e. The van der Waals surface area contributed by atoms with Crippen LogP contribution in [0, 0.1) is 24.2 Å². The van der Waals surface area contributed by atoms with E-state index in [4.69, 9.17) is 5.26 Å². The van der Waals surface area contributed by atoms with Gasteiger partial charge in [-0.3, -0.25) is 0 Å². The van der Waals surface area contributed by atoms with Crippen molar-refractivity contribution in [3.8, 4) is 6.07 Å². The van der Waals surface area contributed by atoms with Crippen molar-refractivity contribution in [2.24, 2.45) is 5.92 Å². The zero-order valence-electron chi connectivity index (χ0n) is 19.1. The van der Waals surface area contributed by atoms with Crippen molar-refractivity contribution >= 4 is 0 Å². The number of hydrogen-bond donors (Lipinski definition) is 0. The highest BCUT2D eigenvalue weighted by atomic mass is 14.3. The third kappa shape index (κ3) is 6.73. The van der Waals surface area contributed by atoms with Crippen LogP contribution in [0.3, 0.4) is 0 Å². The number of unbranched alkanes of at least 4 members (excludes halogenated alkanes) is 4. The Morgan fingerprint density at radius 3 is 2.27 bits per heavy atom. The summed E-state index contributed by atoms with van der Waals surface area (Å²) in [6.45, 7) is 4.57. The van der Waals surface area contributed by atoms with Gasteiger partial charge in [0.25, 0.3) is 0 Å². The number of hydrogen-bond acceptors (Lipinski definition) is 1. The van der Waals surface area contributed by atoms with Gasteiger partial charge in [-0.1, -0.05) is 75.8 Å². The van der Waals surface area contributed by atoms with Crippen LogP contribution in [-0.4, -0.2) is 0 Å². The molecule has 1 aliphatic rings. The molecule has 0 atom stereocenters. The zero-order chi connectivity index (χ0) is 21.2. The van der Waals surface area contributed by atoms with Crippen LogP contribution < -0.4 is 0 Å². The average molecular weight is 402 g/mol. The second kappa shape index (κ2) is 11.9. The molecule has 0 aliphatic heterocycles. The van der Waals surface area contributed by atoms with Crippen molar-refractivity contribution in [3.63, 3.8) is 0 Å². The van der Waals surface area contributed by atoms with Gasteiger partial charge in [0.1, 0.15) is 0 Å². The molecular formula is C29H39N. The SMILES string of the molecule is CCCCCCC[C@H]1CC[C@H](c2ccc(CCc3ccc(C#N)cc3)c(C)c2)CC1. The molecule has 1 heteroatoms. The molecule has 3 rings (SSSR count). The number of aryl methyl sites for hydroxylation is 3. The fourth-order valence-corrected chi connectivity index (χ4v) is 5.10. The van der Waals surface area contributed by atoms with Crippen LogP contribution in [-0.2, 0) is 12.8 Å². The van der Waals surface area contributed by atoms with Crippen LogP contribution in [0.2, 0.25) is 0 Å². The molecule has 0 N–H and O–H groups in total. The topological polar surface area (TPSA) is 23.8 Å². The molecule has 1 nitrogen and oxygen atoms in total. The Labute approximate surface area is 184 Å². The Morgan fingerprint density at radius 2 is 1.60 bits per heavy atom. The Balaban J connectivity index is 1.45. The van der Waals surface area contributed by atoms with Gasteiger partial charge in [0.2, 0.25) is 0 Å². The van der Waals surface area contributed by atoms with Crippen LogP contribution >= 0.6 is 0 Å².